The van der Waals surface area contributed by atoms with Gasteiger partial charge in [0.2, 0.25) is 11.8 Å². The molecule has 0 atom stereocenters. The molecule has 0 saturated carbocycles. The zero-order valence-electron chi connectivity index (χ0n) is 14.3. The van der Waals surface area contributed by atoms with Crippen molar-refractivity contribution in [3.05, 3.63) is 64.7 Å². The van der Waals surface area contributed by atoms with E-state index >= 15 is 0 Å². The van der Waals surface area contributed by atoms with E-state index in [0.29, 0.717) is 18.0 Å². The summed E-state index contributed by atoms with van der Waals surface area (Å²) in [5, 5.41) is 3.34. The molecule has 2 amide bonds. The third kappa shape index (κ3) is 5.52. The number of anilines is 1. The Morgan fingerprint density at radius 2 is 1.77 bits per heavy atom. The summed E-state index contributed by atoms with van der Waals surface area (Å²) in [5.74, 6) is -2.54. The number of carbonyl (C=O) groups excluding carboxylic acids is 2. The zero-order valence-corrected chi connectivity index (χ0v) is 15.0. The maximum atomic E-state index is 13.9. The molecule has 7 heteroatoms. The molecule has 2 rings (SSSR count). The Balaban J connectivity index is 1.89. The predicted molar refractivity (Wildman–Crippen MR) is 97.2 cm³/mol. The summed E-state index contributed by atoms with van der Waals surface area (Å²) in [6, 6.07) is 10.7. The van der Waals surface area contributed by atoms with Crippen LogP contribution in [0.2, 0.25) is 5.02 Å². The number of carbonyl (C=O) groups is 2. The van der Waals surface area contributed by atoms with Crippen molar-refractivity contribution in [3.8, 4) is 0 Å². The van der Waals surface area contributed by atoms with Gasteiger partial charge in [0.05, 0.1) is 0 Å². The molecule has 0 aliphatic carbocycles. The quantitative estimate of drug-likeness (QED) is 0.795. The van der Waals surface area contributed by atoms with E-state index in [9.17, 15) is 18.4 Å². The van der Waals surface area contributed by atoms with Gasteiger partial charge in [-0.1, -0.05) is 29.8 Å². The fourth-order valence-electron chi connectivity index (χ4n) is 2.51. The molecule has 138 valence electrons. The number of rotatable bonds is 7. The largest absolute Gasteiger partial charge is 0.356 e. The number of benzene rings is 2. The standard InChI is InChI=1S/C19H19ClF2N2O2/c1-13(25)24(19-16(21)6-3-7-17(19)22)11-9-18(26)23-10-8-14-4-2-5-15(20)12-14/h2-7,12H,8-11H2,1H3,(H,23,26). The first-order valence-electron chi connectivity index (χ1n) is 8.11. The third-order valence-corrected chi connectivity index (χ3v) is 4.01. The Hall–Kier alpha value is -2.47. The van der Waals surface area contributed by atoms with Gasteiger partial charge in [-0.15, -0.1) is 0 Å². The van der Waals surface area contributed by atoms with Gasteiger partial charge in [0, 0.05) is 31.5 Å². The van der Waals surface area contributed by atoms with E-state index in [4.69, 9.17) is 11.6 Å². The minimum Gasteiger partial charge on any atom is -0.356 e. The predicted octanol–water partition coefficient (Wildman–Crippen LogP) is 3.72. The minimum atomic E-state index is -0.846. The van der Waals surface area contributed by atoms with E-state index in [1.807, 2.05) is 18.2 Å². The van der Waals surface area contributed by atoms with E-state index in [-0.39, 0.29) is 18.9 Å². The fraction of sp³-hybridized carbons (Fsp3) is 0.263. The van der Waals surface area contributed by atoms with Crippen LogP contribution < -0.4 is 10.2 Å². The van der Waals surface area contributed by atoms with E-state index < -0.39 is 23.2 Å². The van der Waals surface area contributed by atoms with Crippen LogP contribution >= 0.6 is 11.6 Å². The Labute approximate surface area is 155 Å². The molecule has 0 radical (unpaired) electrons. The van der Waals surface area contributed by atoms with E-state index in [2.05, 4.69) is 5.32 Å². The van der Waals surface area contributed by atoms with Crippen molar-refractivity contribution in [2.75, 3.05) is 18.0 Å². The molecule has 0 unspecified atom stereocenters. The van der Waals surface area contributed by atoms with Crippen molar-refractivity contribution < 1.29 is 18.4 Å². The number of amides is 2. The lowest BCUT2D eigenvalue weighted by atomic mass is 10.1. The van der Waals surface area contributed by atoms with Crippen LogP contribution in [0.25, 0.3) is 0 Å². The average Bonchev–Trinajstić information content (AvgIpc) is 2.57. The summed E-state index contributed by atoms with van der Waals surface area (Å²) in [7, 11) is 0. The summed E-state index contributed by atoms with van der Waals surface area (Å²) in [6.45, 7) is 1.48. The maximum Gasteiger partial charge on any atom is 0.224 e. The van der Waals surface area contributed by atoms with Gasteiger partial charge in [-0.25, -0.2) is 8.78 Å². The van der Waals surface area contributed by atoms with Crippen LogP contribution in [0.15, 0.2) is 42.5 Å². The van der Waals surface area contributed by atoms with E-state index in [1.54, 1.807) is 6.07 Å². The smallest absolute Gasteiger partial charge is 0.224 e. The number of para-hydroxylation sites is 1. The summed E-state index contributed by atoms with van der Waals surface area (Å²) in [5.41, 5.74) is 0.545. The van der Waals surface area contributed by atoms with Crippen LogP contribution in [0.5, 0.6) is 0 Å². The lowest BCUT2D eigenvalue weighted by Crippen LogP contribution is -2.35. The number of hydrogen-bond acceptors (Lipinski definition) is 2. The van der Waals surface area contributed by atoms with Crippen molar-refractivity contribution >= 4 is 29.1 Å². The number of halogens is 3. The average molecular weight is 381 g/mol. The summed E-state index contributed by atoms with van der Waals surface area (Å²) in [4.78, 5) is 24.6. The van der Waals surface area contributed by atoms with E-state index in [1.165, 1.54) is 13.0 Å². The van der Waals surface area contributed by atoms with Crippen molar-refractivity contribution in [2.24, 2.45) is 0 Å². The topological polar surface area (TPSA) is 49.4 Å². The second-order valence-electron chi connectivity index (χ2n) is 5.72. The summed E-state index contributed by atoms with van der Waals surface area (Å²) >= 11 is 5.90. The molecule has 2 aromatic rings. The molecule has 1 N–H and O–H groups in total. The molecular formula is C19H19ClF2N2O2. The van der Waals surface area contributed by atoms with Gasteiger partial charge in [-0.3, -0.25) is 9.59 Å². The van der Waals surface area contributed by atoms with Crippen molar-refractivity contribution in [1.82, 2.24) is 5.32 Å². The van der Waals surface area contributed by atoms with Gasteiger partial charge in [0.1, 0.15) is 17.3 Å². The maximum absolute atomic E-state index is 13.9. The second kappa shape index (κ2) is 9.29. The third-order valence-electron chi connectivity index (χ3n) is 3.77. The number of nitrogens with one attached hydrogen (secondary N) is 1. The van der Waals surface area contributed by atoms with Gasteiger partial charge in [0.15, 0.2) is 0 Å². The molecule has 2 aromatic carbocycles. The monoisotopic (exact) mass is 380 g/mol. The van der Waals surface area contributed by atoms with Crippen LogP contribution in [0.1, 0.15) is 18.9 Å². The summed E-state index contributed by atoms with van der Waals surface area (Å²) < 4.78 is 27.7. The van der Waals surface area contributed by atoms with Crippen LogP contribution in [0.3, 0.4) is 0 Å². The van der Waals surface area contributed by atoms with Gasteiger partial charge >= 0.3 is 0 Å². The molecule has 0 saturated heterocycles. The molecule has 0 aliphatic heterocycles. The van der Waals surface area contributed by atoms with Gasteiger partial charge < -0.3 is 10.2 Å². The van der Waals surface area contributed by atoms with Crippen molar-refractivity contribution in [3.63, 3.8) is 0 Å². The molecule has 0 bridgehead atoms. The molecule has 26 heavy (non-hydrogen) atoms. The Morgan fingerprint density at radius 3 is 2.38 bits per heavy atom. The van der Waals surface area contributed by atoms with Crippen LogP contribution in [0.4, 0.5) is 14.5 Å². The van der Waals surface area contributed by atoms with Gasteiger partial charge in [0.25, 0.3) is 0 Å². The zero-order chi connectivity index (χ0) is 19.1. The SMILES string of the molecule is CC(=O)N(CCC(=O)NCCc1cccc(Cl)c1)c1c(F)cccc1F. The van der Waals surface area contributed by atoms with Crippen molar-refractivity contribution in [2.45, 2.75) is 19.8 Å². The summed E-state index contributed by atoms with van der Waals surface area (Å²) in [6.07, 6.45) is 0.535. The molecule has 0 aliphatic rings. The number of hydrogen-bond donors (Lipinski definition) is 1. The van der Waals surface area contributed by atoms with Crippen LogP contribution in [0, 0.1) is 11.6 Å². The molecule has 0 heterocycles. The van der Waals surface area contributed by atoms with Crippen LogP contribution in [-0.4, -0.2) is 24.9 Å². The van der Waals surface area contributed by atoms with Gasteiger partial charge in [-0.2, -0.15) is 0 Å². The lowest BCUT2D eigenvalue weighted by Gasteiger charge is -2.22. The Bertz CT molecular complexity index is 779. The first-order valence-corrected chi connectivity index (χ1v) is 8.49. The Morgan fingerprint density at radius 1 is 1.12 bits per heavy atom. The molecule has 4 nitrogen and oxygen atoms in total. The first-order chi connectivity index (χ1) is 12.4. The molecule has 0 aromatic heterocycles. The molecule has 0 spiro atoms. The highest BCUT2D eigenvalue weighted by Crippen LogP contribution is 2.23. The number of nitrogens with zero attached hydrogens (tertiary/aromatic N) is 1. The first kappa shape index (κ1) is 19.8. The van der Waals surface area contributed by atoms with Crippen LogP contribution in [-0.2, 0) is 16.0 Å². The van der Waals surface area contributed by atoms with Gasteiger partial charge in [-0.05, 0) is 36.2 Å². The second-order valence-corrected chi connectivity index (χ2v) is 6.16. The lowest BCUT2D eigenvalue weighted by molar-refractivity contribution is -0.121. The molecular weight excluding hydrogens is 362 g/mol. The minimum absolute atomic E-state index is 0.0666. The van der Waals surface area contributed by atoms with E-state index in [0.717, 1.165) is 22.6 Å². The highest BCUT2D eigenvalue weighted by Gasteiger charge is 2.20. The fourth-order valence-corrected chi connectivity index (χ4v) is 2.73. The van der Waals surface area contributed by atoms with Crippen molar-refractivity contribution in [1.29, 1.82) is 0 Å². The molecule has 0 fully saturated rings. The normalized spacial score (nSPS) is 10.5. The highest BCUT2D eigenvalue weighted by molar-refractivity contribution is 6.30. The Kier molecular flexibility index (Phi) is 7.09. The highest BCUT2D eigenvalue weighted by atomic mass is 35.5.